The lowest BCUT2D eigenvalue weighted by atomic mass is 10.1. The lowest BCUT2D eigenvalue weighted by Gasteiger charge is -2.35. The van der Waals surface area contributed by atoms with Crippen molar-refractivity contribution < 1.29 is 14.3 Å². The van der Waals surface area contributed by atoms with Gasteiger partial charge in [0.15, 0.2) is 6.10 Å². The highest BCUT2D eigenvalue weighted by atomic mass is 16.6. The van der Waals surface area contributed by atoms with Gasteiger partial charge in [-0.15, -0.1) is 0 Å². The van der Waals surface area contributed by atoms with Crippen molar-refractivity contribution >= 4 is 5.97 Å². The van der Waals surface area contributed by atoms with Gasteiger partial charge in [-0.05, 0) is 12.5 Å². The van der Waals surface area contributed by atoms with Crippen molar-refractivity contribution in [1.29, 1.82) is 0 Å². The Bertz CT molecular complexity index is 393. The molecular weight excluding hydrogens is 230 g/mol. The molecule has 0 spiro atoms. The summed E-state index contributed by atoms with van der Waals surface area (Å²) in [6, 6.07) is 10.6. The Labute approximate surface area is 107 Å². The predicted molar refractivity (Wildman–Crippen MR) is 68.2 cm³/mol. The molecule has 2 unspecified atom stereocenters. The molecule has 1 fully saturated rings. The molecule has 4 heteroatoms. The van der Waals surface area contributed by atoms with Gasteiger partial charge in [0, 0.05) is 19.1 Å². The molecule has 2 atom stereocenters. The molecule has 18 heavy (non-hydrogen) atoms. The van der Waals surface area contributed by atoms with Crippen LogP contribution in [0.5, 0.6) is 0 Å². The van der Waals surface area contributed by atoms with Gasteiger partial charge in [0.25, 0.3) is 0 Å². The lowest BCUT2D eigenvalue weighted by molar-refractivity contribution is -0.160. The number of ether oxygens (including phenoxy) is 2. The van der Waals surface area contributed by atoms with Crippen molar-refractivity contribution in [3.8, 4) is 0 Å². The summed E-state index contributed by atoms with van der Waals surface area (Å²) in [5, 5.41) is 0. The average Bonchev–Trinajstić information content (AvgIpc) is 2.46. The molecule has 1 aliphatic heterocycles. The van der Waals surface area contributed by atoms with Gasteiger partial charge in [-0.25, -0.2) is 4.79 Å². The van der Waals surface area contributed by atoms with Gasteiger partial charge < -0.3 is 9.47 Å². The maximum atomic E-state index is 11.5. The normalized spacial score (nSPS) is 22.4. The fraction of sp³-hybridized carbons (Fsp3) is 0.500. The quantitative estimate of drug-likeness (QED) is 0.763. The molecule has 4 nitrogen and oxygen atoms in total. The highest BCUT2D eigenvalue weighted by Crippen LogP contribution is 2.22. The topological polar surface area (TPSA) is 38.8 Å². The molecule has 98 valence electrons. The van der Waals surface area contributed by atoms with E-state index in [0.29, 0.717) is 13.2 Å². The zero-order valence-corrected chi connectivity index (χ0v) is 10.8. The van der Waals surface area contributed by atoms with E-state index in [2.05, 4.69) is 24.0 Å². The van der Waals surface area contributed by atoms with E-state index >= 15 is 0 Å². The van der Waals surface area contributed by atoms with Crippen LogP contribution in [-0.2, 0) is 14.3 Å². The van der Waals surface area contributed by atoms with Gasteiger partial charge in [-0.1, -0.05) is 30.3 Å². The second kappa shape index (κ2) is 5.98. The summed E-state index contributed by atoms with van der Waals surface area (Å²) in [5.41, 5.74) is 1.25. The van der Waals surface area contributed by atoms with E-state index in [9.17, 15) is 4.79 Å². The lowest BCUT2D eigenvalue weighted by Crippen LogP contribution is -2.47. The van der Waals surface area contributed by atoms with Crippen molar-refractivity contribution in [3.05, 3.63) is 35.9 Å². The molecular formula is C14H19NO3. The first-order valence-corrected chi connectivity index (χ1v) is 6.21. The van der Waals surface area contributed by atoms with Crippen LogP contribution in [0.4, 0.5) is 0 Å². The van der Waals surface area contributed by atoms with E-state index in [-0.39, 0.29) is 12.0 Å². The minimum Gasteiger partial charge on any atom is -0.467 e. The zero-order chi connectivity index (χ0) is 13.0. The van der Waals surface area contributed by atoms with Gasteiger partial charge >= 0.3 is 5.97 Å². The highest BCUT2D eigenvalue weighted by Gasteiger charge is 2.29. The smallest absolute Gasteiger partial charge is 0.336 e. The minimum absolute atomic E-state index is 0.280. The number of morpholine rings is 1. The number of carbonyl (C=O) groups excluding carboxylic acids is 1. The van der Waals surface area contributed by atoms with E-state index < -0.39 is 6.10 Å². The fourth-order valence-electron chi connectivity index (χ4n) is 2.24. The van der Waals surface area contributed by atoms with E-state index in [1.54, 1.807) is 0 Å². The molecule has 1 aromatic carbocycles. The third kappa shape index (κ3) is 2.89. The fourth-order valence-corrected chi connectivity index (χ4v) is 2.24. The van der Waals surface area contributed by atoms with E-state index in [1.807, 2.05) is 18.2 Å². The van der Waals surface area contributed by atoms with Crippen LogP contribution < -0.4 is 0 Å². The molecule has 1 saturated heterocycles. The largest absolute Gasteiger partial charge is 0.467 e. The first kappa shape index (κ1) is 13.1. The summed E-state index contributed by atoms with van der Waals surface area (Å²) in [6.07, 6.45) is -0.463. The summed E-state index contributed by atoms with van der Waals surface area (Å²) in [7, 11) is 1.39. The maximum Gasteiger partial charge on any atom is 0.336 e. The standard InChI is InChI=1S/C14H19NO3/c1-11(12-6-4-3-5-7-12)15-8-9-18-13(10-15)14(16)17-2/h3-7,11,13H,8-10H2,1-2H3. The Balaban J connectivity index is 2.03. The van der Waals surface area contributed by atoms with Crippen molar-refractivity contribution in [1.82, 2.24) is 4.90 Å². The summed E-state index contributed by atoms with van der Waals surface area (Å²) in [6.45, 7) is 4.14. The number of hydrogen-bond donors (Lipinski definition) is 0. The van der Waals surface area contributed by atoms with Crippen molar-refractivity contribution in [2.45, 2.75) is 19.1 Å². The van der Waals surface area contributed by atoms with Crippen LogP contribution in [0.25, 0.3) is 0 Å². The van der Waals surface area contributed by atoms with E-state index in [0.717, 1.165) is 6.54 Å². The molecule has 0 bridgehead atoms. The molecule has 1 aromatic rings. The van der Waals surface area contributed by atoms with Gasteiger partial charge in [-0.3, -0.25) is 4.90 Å². The number of hydrogen-bond acceptors (Lipinski definition) is 4. The number of methoxy groups -OCH3 is 1. The van der Waals surface area contributed by atoms with Crippen LogP contribution in [0.1, 0.15) is 18.5 Å². The second-order valence-electron chi connectivity index (χ2n) is 4.46. The Morgan fingerprint density at radius 2 is 2.17 bits per heavy atom. The average molecular weight is 249 g/mol. The molecule has 1 aliphatic rings. The molecule has 0 saturated carbocycles. The van der Waals surface area contributed by atoms with Crippen LogP contribution in [0.2, 0.25) is 0 Å². The van der Waals surface area contributed by atoms with Crippen molar-refractivity contribution in [3.63, 3.8) is 0 Å². The van der Waals surface area contributed by atoms with E-state index in [4.69, 9.17) is 9.47 Å². The molecule has 0 aromatic heterocycles. The first-order chi connectivity index (χ1) is 8.72. The molecule has 0 N–H and O–H groups in total. The Kier molecular flexibility index (Phi) is 4.33. The van der Waals surface area contributed by atoms with Crippen LogP contribution in [0.15, 0.2) is 30.3 Å². The van der Waals surface area contributed by atoms with Crippen LogP contribution in [-0.4, -0.2) is 43.8 Å². The van der Waals surface area contributed by atoms with Crippen LogP contribution in [0.3, 0.4) is 0 Å². The van der Waals surface area contributed by atoms with Crippen molar-refractivity contribution in [2.24, 2.45) is 0 Å². The maximum absolute atomic E-state index is 11.5. The molecule has 0 amide bonds. The highest BCUT2D eigenvalue weighted by molar-refractivity contribution is 5.74. The van der Waals surface area contributed by atoms with Crippen LogP contribution >= 0.6 is 0 Å². The molecule has 0 aliphatic carbocycles. The van der Waals surface area contributed by atoms with Gasteiger partial charge in [-0.2, -0.15) is 0 Å². The van der Waals surface area contributed by atoms with Crippen molar-refractivity contribution in [2.75, 3.05) is 26.8 Å². The Morgan fingerprint density at radius 1 is 1.44 bits per heavy atom. The third-order valence-electron chi connectivity index (χ3n) is 3.39. The van der Waals surface area contributed by atoms with Gasteiger partial charge in [0.05, 0.1) is 13.7 Å². The monoisotopic (exact) mass is 249 g/mol. The Hall–Kier alpha value is -1.39. The van der Waals surface area contributed by atoms with E-state index in [1.165, 1.54) is 12.7 Å². The number of esters is 1. The van der Waals surface area contributed by atoms with Gasteiger partial charge in [0.1, 0.15) is 0 Å². The molecule has 1 heterocycles. The van der Waals surface area contributed by atoms with Crippen LogP contribution in [0, 0.1) is 0 Å². The number of carbonyl (C=O) groups is 1. The zero-order valence-electron chi connectivity index (χ0n) is 10.8. The SMILES string of the molecule is COC(=O)C1CN(C(C)c2ccccc2)CCO1. The summed E-state index contributed by atoms with van der Waals surface area (Å²) >= 11 is 0. The summed E-state index contributed by atoms with van der Waals surface area (Å²) in [5.74, 6) is -0.292. The van der Waals surface area contributed by atoms with Gasteiger partial charge in [0.2, 0.25) is 0 Å². The number of rotatable bonds is 3. The summed E-state index contributed by atoms with van der Waals surface area (Å²) in [4.78, 5) is 13.7. The number of benzene rings is 1. The first-order valence-electron chi connectivity index (χ1n) is 6.21. The predicted octanol–water partition coefficient (Wildman–Crippen LogP) is 1.62. The molecule has 2 rings (SSSR count). The number of nitrogens with zero attached hydrogens (tertiary/aromatic N) is 1. The second-order valence-corrected chi connectivity index (χ2v) is 4.46. The summed E-state index contributed by atoms with van der Waals surface area (Å²) < 4.78 is 10.2. The minimum atomic E-state index is -0.463. The third-order valence-corrected chi connectivity index (χ3v) is 3.39. The Morgan fingerprint density at radius 3 is 2.83 bits per heavy atom. The molecule has 0 radical (unpaired) electrons.